The monoisotopic (exact) mass is 351 g/mol. The Morgan fingerprint density at radius 2 is 2.00 bits per heavy atom. The first-order valence-electron chi connectivity index (χ1n) is 7.38. The van der Waals surface area contributed by atoms with E-state index in [1.807, 2.05) is 0 Å². The van der Waals surface area contributed by atoms with E-state index in [2.05, 4.69) is 5.32 Å². The van der Waals surface area contributed by atoms with Crippen LogP contribution in [0.2, 0.25) is 5.02 Å². The molecule has 0 bridgehead atoms. The van der Waals surface area contributed by atoms with E-state index < -0.39 is 18.0 Å². The van der Waals surface area contributed by atoms with Gasteiger partial charge >= 0.3 is 0 Å². The van der Waals surface area contributed by atoms with E-state index in [1.54, 1.807) is 6.07 Å². The molecule has 126 valence electrons. The predicted molar refractivity (Wildman–Crippen MR) is 86.7 cm³/mol. The Bertz CT molecular complexity index is 742. The molecule has 1 amide bonds. The standard InChI is InChI=1S/C17H15ClFNO4/c18-11-3-1-4-12(19)15(11)16(22)20-13-9-10(5-6-14(13)21)17-23-7-2-8-24-17/h1,3-6,9,17,21H,2,7-8H2,(H,20,22). The maximum absolute atomic E-state index is 13.8. The van der Waals surface area contributed by atoms with Gasteiger partial charge in [0.1, 0.15) is 11.6 Å². The molecule has 2 aromatic carbocycles. The van der Waals surface area contributed by atoms with E-state index in [0.717, 1.165) is 12.5 Å². The van der Waals surface area contributed by atoms with Crippen molar-refractivity contribution in [3.05, 3.63) is 58.4 Å². The summed E-state index contributed by atoms with van der Waals surface area (Å²) in [6.07, 6.45) is 0.247. The molecule has 2 aromatic rings. The molecular weight excluding hydrogens is 337 g/mol. The summed E-state index contributed by atoms with van der Waals surface area (Å²) in [5, 5.41) is 12.4. The molecule has 7 heteroatoms. The number of carbonyl (C=O) groups excluding carboxylic acids is 1. The Balaban J connectivity index is 1.85. The van der Waals surface area contributed by atoms with Crippen molar-refractivity contribution in [3.63, 3.8) is 0 Å². The van der Waals surface area contributed by atoms with Crippen LogP contribution in [0, 0.1) is 5.82 Å². The molecule has 0 aliphatic carbocycles. The number of hydrogen-bond donors (Lipinski definition) is 2. The molecule has 1 fully saturated rings. The van der Waals surface area contributed by atoms with Crippen LogP contribution >= 0.6 is 11.6 Å². The van der Waals surface area contributed by atoms with Crippen molar-refractivity contribution in [3.8, 4) is 5.75 Å². The highest BCUT2D eigenvalue weighted by atomic mass is 35.5. The smallest absolute Gasteiger partial charge is 0.260 e. The molecule has 1 saturated heterocycles. The summed E-state index contributed by atoms with van der Waals surface area (Å²) in [5.41, 5.74) is 0.478. The second-order valence-electron chi connectivity index (χ2n) is 5.25. The number of nitrogens with one attached hydrogen (secondary N) is 1. The number of rotatable bonds is 3. The summed E-state index contributed by atoms with van der Waals surface area (Å²) in [6.45, 7) is 1.14. The van der Waals surface area contributed by atoms with Gasteiger partial charge in [-0.2, -0.15) is 0 Å². The lowest BCUT2D eigenvalue weighted by Gasteiger charge is -2.24. The van der Waals surface area contributed by atoms with Crippen molar-refractivity contribution < 1.29 is 23.8 Å². The van der Waals surface area contributed by atoms with E-state index >= 15 is 0 Å². The zero-order valence-electron chi connectivity index (χ0n) is 12.6. The second kappa shape index (κ2) is 7.17. The van der Waals surface area contributed by atoms with Crippen LogP contribution in [0.1, 0.15) is 28.6 Å². The molecular formula is C17H15ClFNO4. The van der Waals surface area contributed by atoms with Crippen LogP contribution in [-0.2, 0) is 9.47 Å². The molecule has 0 atom stereocenters. The van der Waals surface area contributed by atoms with Crippen LogP contribution in [-0.4, -0.2) is 24.2 Å². The number of hydrogen-bond acceptors (Lipinski definition) is 4. The van der Waals surface area contributed by atoms with Gasteiger partial charge in [-0.25, -0.2) is 4.39 Å². The van der Waals surface area contributed by atoms with Gasteiger partial charge in [0, 0.05) is 5.56 Å². The fourth-order valence-corrected chi connectivity index (χ4v) is 2.63. The zero-order chi connectivity index (χ0) is 17.1. The number of aromatic hydroxyl groups is 1. The van der Waals surface area contributed by atoms with Gasteiger partial charge in [-0.3, -0.25) is 4.79 Å². The fourth-order valence-electron chi connectivity index (χ4n) is 2.38. The molecule has 0 spiro atoms. The SMILES string of the molecule is O=C(Nc1cc(C2OCCCO2)ccc1O)c1c(F)cccc1Cl. The molecule has 1 heterocycles. The van der Waals surface area contributed by atoms with Crippen LogP contribution in [0.15, 0.2) is 36.4 Å². The fraction of sp³-hybridized carbons (Fsp3) is 0.235. The van der Waals surface area contributed by atoms with Crippen LogP contribution < -0.4 is 5.32 Å². The molecule has 0 radical (unpaired) electrons. The summed E-state index contributed by atoms with van der Waals surface area (Å²) >= 11 is 5.88. The average Bonchev–Trinajstić information content (AvgIpc) is 2.57. The van der Waals surface area contributed by atoms with E-state index in [0.29, 0.717) is 18.8 Å². The molecule has 0 unspecified atom stereocenters. The number of ether oxygens (including phenoxy) is 2. The van der Waals surface area contributed by atoms with E-state index in [4.69, 9.17) is 21.1 Å². The van der Waals surface area contributed by atoms with Crippen molar-refractivity contribution in [2.75, 3.05) is 18.5 Å². The van der Waals surface area contributed by atoms with Crippen LogP contribution in [0.3, 0.4) is 0 Å². The van der Waals surface area contributed by atoms with Gasteiger partial charge in [0.05, 0.1) is 29.5 Å². The molecule has 2 N–H and O–H groups in total. The first-order valence-corrected chi connectivity index (χ1v) is 7.75. The molecule has 24 heavy (non-hydrogen) atoms. The third kappa shape index (κ3) is 3.51. The van der Waals surface area contributed by atoms with Crippen molar-refractivity contribution in [1.29, 1.82) is 0 Å². The number of phenolic OH excluding ortho intramolecular Hbond substituents is 1. The van der Waals surface area contributed by atoms with Gasteiger partial charge in [-0.1, -0.05) is 23.7 Å². The number of amides is 1. The van der Waals surface area contributed by atoms with E-state index in [9.17, 15) is 14.3 Å². The number of phenols is 1. The molecule has 5 nitrogen and oxygen atoms in total. The zero-order valence-corrected chi connectivity index (χ0v) is 13.3. The Labute approximate surface area is 143 Å². The third-order valence-electron chi connectivity index (χ3n) is 3.56. The first kappa shape index (κ1) is 16.7. The molecule has 1 aliphatic rings. The van der Waals surface area contributed by atoms with E-state index in [-0.39, 0.29) is 22.0 Å². The Hall–Kier alpha value is -2.15. The summed E-state index contributed by atoms with van der Waals surface area (Å²) in [5.74, 6) is -1.65. The molecule has 1 aliphatic heterocycles. The minimum Gasteiger partial charge on any atom is -0.506 e. The normalized spacial score (nSPS) is 15.2. The maximum atomic E-state index is 13.8. The quantitative estimate of drug-likeness (QED) is 0.824. The van der Waals surface area contributed by atoms with E-state index in [1.165, 1.54) is 24.3 Å². The molecule has 3 rings (SSSR count). The van der Waals surface area contributed by atoms with Crippen molar-refractivity contribution in [1.82, 2.24) is 0 Å². The maximum Gasteiger partial charge on any atom is 0.260 e. The summed E-state index contributed by atoms with van der Waals surface area (Å²) in [4.78, 5) is 12.3. The summed E-state index contributed by atoms with van der Waals surface area (Å²) in [7, 11) is 0. The summed E-state index contributed by atoms with van der Waals surface area (Å²) < 4.78 is 24.8. The third-order valence-corrected chi connectivity index (χ3v) is 3.87. The number of benzene rings is 2. The number of carbonyl (C=O) groups is 1. The van der Waals surface area contributed by atoms with Crippen molar-refractivity contribution in [2.45, 2.75) is 12.7 Å². The largest absolute Gasteiger partial charge is 0.506 e. The topological polar surface area (TPSA) is 67.8 Å². The highest BCUT2D eigenvalue weighted by Gasteiger charge is 2.20. The van der Waals surface area contributed by atoms with Crippen LogP contribution in [0.25, 0.3) is 0 Å². The Morgan fingerprint density at radius 1 is 1.25 bits per heavy atom. The predicted octanol–water partition coefficient (Wildman–Crippen LogP) is 3.87. The minimum atomic E-state index is -0.754. The lowest BCUT2D eigenvalue weighted by Crippen LogP contribution is -2.18. The van der Waals surface area contributed by atoms with Gasteiger partial charge < -0.3 is 19.9 Å². The summed E-state index contributed by atoms with van der Waals surface area (Å²) in [6, 6.07) is 8.54. The average molecular weight is 352 g/mol. The Kier molecular flexibility index (Phi) is 4.99. The van der Waals surface area contributed by atoms with Gasteiger partial charge in [0.2, 0.25) is 0 Å². The van der Waals surface area contributed by atoms with Crippen LogP contribution in [0.4, 0.5) is 10.1 Å². The highest BCUT2D eigenvalue weighted by Crippen LogP contribution is 2.31. The van der Waals surface area contributed by atoms with Gasteiger partial charge in [-0.05, 0) is 30.7 Å². The number of halogens is 2. The highest BCUT2D eigenvalue weighted by molar-refractivity contribution is 6.34. The molecule has 0 saturated carbocycles. The molecule has 0 aromatic heterocycles. The van der Waals surface area contributed by atoms with Gasteiger partial charge in [-0.15, -0.1) is 0 Å². The van der Waals surface area contributed by atoms with Gasteiger partial charge in [0.25, 0.3) is 5.91 Å². The second-order valence-corrected chi connectivity index (χ2v) is 5.66. The Morgan fingerprint density at radius 3 is 2.71 bits per heavy atom. The number of anilines is 1. The minimum absolute atomic E-state index is 0.0120. The lowest BCUT2D eigenvalue weighted by molar-refractivity contribution is -0.183. The van der Waals surface area contributed by atoms with Crippen LogP contribution in [0.5, 0.6) is 5.75 Å². The first-order chi connectivity index (χ1) is 11.6. The van der Waals surface area contributed by atoms with Gasteiger partial charge in [0.15, 0.2) is 6.29 Å². The lowest BCUT2D eigenvalue weighted by atomic mass is 10.1. The van der Waals surface area contributed by atoms with Crippen molar-refractivity contribution >= 4 is 23.2 Å². The van der Waals surface area contributed by atoms with Crippen molar-refractivity contribution in [2.24, 2.45) is 0 Å².